The number of benzene rings is 2. The standard InChI is InChI=1S/C25H25N5O3/c1-16-13-20(15-26-28-24(31)14-19-9-5-8-12-23(19)33-4)17(2)29(16)30-18(3)27-22-11-7-6-10-21(22)25(30)32/h5-13,15H,14H2,1-4H3,(H,28,31). The Labute approximate surface area is 191 Å². The van der Waals surface area contributed by atoms with Crippen molar-refractivity contribution in [3.8, 4) is 5.75 Å². The summed E-state index contributed by atoms with van der Waals surface area (Å²) in [6.45, 7) is 5.61. The Morgan fingerprint density at radius 3 is 2.61 bits per heavy atom. The number of rotatable bonds is 6. The molecule has 33 heavy (non-hydrogen) atoms. The van der Waals surface area contributed by atoms with Gasteiger partial charge < -0.3 is 4.74 Å². The molecule has 0 fully saturated rings. The molecule has 0 spiro atoms. The molecule has 0 aliphatic rings. The maximum atomic E-state index is 13.2. The molecule has 0 unspecified atom stereocenters. The fourth-order valence-corrected chi connectivity index (χ4v) is 3.92. The highest BCUT2D eigenvalue weighted by Gasteiger charge is 2.15. The molecule has 0 atom stereocenters. The Kier molecular flexibility index (Phi) is 6.08. The summed E-state index contributed by atoms with van der Waals surface area (Å²) < 4.78 is 8.66. The van der Waals surface area contributed by atoms with Gasteiger partial charge in [-0.25, -0.2) is 10.4 Å². The number of nitrogens with zero attached hydrogens (tertiary/aromatic N) is 4. The summed E-state index contributed by atoms with van der Waals surface area (Å²) in [5, 5.41) is 4.67. The van der Waals surface area contributed by atoms with Crippen molar-refractivity contribution in [2.75, 3.05) is 7.11 Å². The monoisotopic (exact) mass is 443 g/mol. The first kappa shape index (κ1) is 22.0. The van der Waals surface area contributed by atoms with E-state index < -0.39 is 0 Å². The van der Waals surface area contributed by atoms with E-state index in [1.165, 1.54) is 0 Å². The van der Waals surface area contributed by atoms with E-state index in [2.05, 4.69) is 15.5 Å². The molecule has 0 aliphatic carbocycles. The Morgan fingerprint density at radius 1 is 1.09 bits per heavy atom. The summed E-state index contributed by atoms with van der Waals surface area (Å²) in [7, 11) is 1.57. The van der Waals surface area contributed by atoms with Crippen molar-refractivity contribution >= 4 is 23.0 Å². The number of hydrogen-bond acceptors (Lipinski definition) is 5. The number of fused-ring (bicyclic) bond motifs is 1. The van der Waals surface area contributed by atoms with E-state index in [-0.39, 0.29) is 17.9 Å². The summed E-state index contributed by atoms with van der Waals surface area (Å²) in [6.07, 6.45) is 1.73. The minimum absolute atomic E-state index is 0.145. The van der Waals surface area contributed by atoms with Crippen molar-refractivity contribution in [2.45, 2.75) is 27.2 Å². The van der Waals surface area contributed by atoms with Crippen molar-refractivity contribution in [2.24, 2.45) is 5.10 Å². The SMILES string of the molecule is COc1ccccc1CC(=O)NN=Cc1cc(C)n(-n2c(C)nc3ccccc3c2=O)c1C. The van der Waals surface area contributed by atoms with Crippen LogP contribution >= 0.6 is 0 Å². The molecular formula is C25H25N5O3. The topological polar surface area (TPSA) is 90.5 Å². The second-order valence-electron chi connectivity index (χ2n) is 7.71. The molecule has 2 aromatic carbocycles. The third-order valence-corrected chi connectivity index (χ3v) is 5.49. The predicted molar refractivity (Wildman–Crippen MR) is 128 cm³/mol. The smallest absolute Gasteiger partial charge is 0.280 e. The largest absolute Gasteiger partial charge is 0.496 e. The van der Waals surface area contributed by atoms with Crippen LogP contribution in [0.1, 0.15) is 28.3 Å². The van der Waals surface area contributed by atoms with Crippen LogP contribution in [-0.2, 0) is 11.2 Å². The van der Waals surface area contributed by atoms with E-state index >= 15 is 0 Å². The van der Waals surface area contributed by atoms with Crippen molar-refractivity contribution in [1.29, 1.82) is 0 Å². The Balaban J connectivity index is 1.59. The molecule has 0 radical (unpaired) electrons. The van der Waals surface area contributed by atoms with Crippen molar-refractivity contribution < 1.29 is 9.53 Å². The van der Waals surface area contributed by atoms with Crippen LogP contribution in [-0.4, -0.2) is 33.6 Å². The number of ether oxygens (including phenoxy) is 1. The molecule has 2 aromatic heterocycles. The number of amides is 1. The second kappa shape index (κ2) is 9.12. The third kappa shape index (κ3) is 4.27. The fraction of sp³-hybridized carbons (Fsp3) is 0.200. The Hall–Kier alpha value is -4.20. The first-order valence-electron chi connectivity index (χ1n) is 10.5. The summed E-state index contributed by atoms with van der Waals surface area (Å²) in [4.78, 5) is 30.1. The van der Waals surface area contributed by atoms with Crippen LogP contribution in [0.15, 0.2) is 64.5 Å². The molecule has 1 amide bonds. The number of aromatic nitrogens is 3. The van der Waals surface area contributed by atoms with Crippen LogP contribution in [0.2, 0.25) is 0 Å². The summed E-state index contributed by atoms with van der Waals surface area (Å²) >= 11 is 0. The van der Waals surface area contributed by atoms with Crippen LogP contribution in [0.3, 0.4) is 0 Å². The number of carbonyl (C=O) groups excluding carboxylic acids is 1. The summed E-state index contributed by atoms with van der Waals surface area (Å²) in [5.41, 5.74) is 6.29. The molecule has 2 heterocycles. The van der Waals surface area contributed by atoms with Crippen molar-refractivity contribution in [1.82, 2.24) is 19.8 Å². The number of methoxy groups -OCH3 is 1. The van der Waals surface area contributed by atoms with Gasteiger partial charge in [-0.15, -0.1) is 0 Å². The van der Waals surface area contributed by atoms with E-state index in [9.17, 15) is 9.59 Å². The number of hydrogen-bond donors (Lipinski definition) is 1. The van der Waals surface area contributed by atoms with Crippen LogP contribution in [0, 0.1) is 20.8 Å². The van der Waals surface area contributed by atoms with E-state index in [4.69, 9.17) is 4.74 Å². The molecule has 4 aromatic rings. The lowest BCUT2D eigenvalue weighted by Crippen LogP contribution is -2.30. The lowest BCUT2D eigenvalue weighted by atomic mass is 10.1. The molecule has 8 heteroatoms. The van der Waals surface area contributed by atoms with E-state index in [0.717, 1.165) is 22.5 Å². The second-order valence-corrected chi connectivity index (χ2v) is 7.71. The van der Waals surface area contributed by atoms with Crippen LogP contribution in [0.5, 0.6) is 5.75 Å². The van der Waals surface area contributed by atoms with Gasteiger partial charge >= 0.3 is 0 Å². The van der Waals surface area contributed by atoms with Crippen molar-refractivity contribution in [3.63, 3.8) is 0 Å². The lowest BCUT2D eigenvalue weighted by molar-refractivity contribution is -0.120. The van der Waals surface area contributed by atoms with E-state index in [0.29, 0.717) is 22.5 Å². The van der Waals surface area contributed by atoms with Gasteiger partial charge in [0.25, 0.3) is 5.56 Å². The molecule has 0 bridgehead atoms. The van der Waals surface area contributed by atoms with Crippen LogP contribution in [0.4, 0.5) is 0 Å². The number of aryl methyl sites for hydroxylation is 2. The van der Waals surface area contributed by atoms with Gasteiger partial charge in [0.15, 0.2) is 0 Å². The van der Waals surface area contributed by atoms with Gasteiger partial charge in [-0.3, -0.25) is 14.3 Å². The van der Waals surface area contributed by atoms with E-state index in [1.54, 1.807) is 31.0 Å². The molecule has 1 N–H and O–H groups in total. The zero-order chi connectivity index (χ0) is 23.5. The minimum atomic E-state index is -0.254. The molecule has 168 valence electrons. The first-order chi connectivity index (χ1) is 15.9. The zero-order valence-corrected chi connectivity index (χ0v) is 19.0. The molecule has 0 saturated carbocycles. The fourth-order valence-electron chi connectivity index (χ4n) is 3.92. The summed E-state index contributed by atoms with van der Waals surface area (Å²) in [5.74, 6) is 0.981. The molecule has 8 nitrogen and oxygen atoms in total. The minimum Gasteiger partial charge on any atom is -0.496 e. The van der Waals surface area contributed by atoms with Gasteiger partial charge in [-0.1, -0.05) is 30.3 Å². The third-order valence-electron chi connectivity index (χ3n) is 5.49. The maximum absolute atomic E-state index is 13.2. The predicted octanol–water partition coefficient (Wildman–Crippen LogP) is 3.14. The van der Waals surface area contributed by atoms with Crippen molar-refractivity contribution in [3.05, 3.63) is 93.3 Å². The van der Waals surface area contributed by atoms with Gasteiger partial charge in [0.05, 0.1) is 30.6 Å². The van der Waals surface area contributed by atoms with Gasteiger partial charge in [0.2, 0.25) is 5.91 Å². The highest BCUT2D eigenvalue weighted by Crippen LogP contribution is 2.18. The molecule has 0 saturated heterocycles. The number of nitrogens with one attached hydrogen (secondary N) is 1. The van der Waals surface area contributed by atoms with Crippen LogP contribution < -0.4 is 15.7 Å². The van der Waals surface area contributed by atoms with Crippen LogP contribution in [0.25, 0.3) is 10.9 Å². The van der Waals surface area contributed by atoms with Gasteiger partial charge in [-0.2, -0.15) is 9.78 Å². The number of hydrazone groups is 1. The van der Waals surface area contributed by atoms with Gasteiger partial charge in [-0.05, 0) is 45.0 Å². The highest BCUT2D eigenvalue weighted by atomic mass is 16.5. The van der Waals surface area contributed by atoms with Gasteiger partial charge in [0, 0.05) is 22.5 Å². The zero-order valence-electron chi connectivity index (χ0n) is 19.0. The maximum Gasteiger partial charge on any atom is 0.280 e. The van der Waals surface area contributed by atoms with E-state index in [1.807, 2.05) is 67.1 Å². The average molecular weight is 444 g/mol. The number of para-hydroxylation sites is 2. The number of carbonyl (C=O) groups is 1. The highest BCUT2D eigenvalue weighted by molar-refractivity contribution is 5.85. The first-order valence-corrected chi connectivity index (χ1v) is 10.5. The molecule has 4 rings (SSSR count). The van der Waals surface area contributed by atoms with Gasteiger partial charge in [0.1, 0.15) is 11.6 Å². The normalized spacial score (nSPS) is 11.3. The lowest BCUT2D eigenvalue weighted by Gasteiger charge is -2.16. The Bertz CT molecular complexity index is 1430. The molecular weight excluding hydrogens is 418 g/mol. The quantitative estimate of drug-likeness (QED) is 0.366. The average Bonchev–Trinajstić information content (AvgIpc) is 3.07. The molecule has 0 aliphatic heterocycles. The Morgan fingerprint density at radius 2 is 1.82 bits per heavy atom. The summed E-state index contributed by atoms with van der Waals surface area (Å²) in [6, 6.07) is 16.6.